The van der Waals surface area contributed by atoms with E-state index in [4.69, 9.17) is 11.6 Å². The van der Waals surface area contributed by atoms with Crippen LogP contribution in [0.2, 0.25) is 0 Å². The molecule has 0 fully saturated rings. The van der Waals surface area contributed by atoms with Gasteiger partial charge in [0.05, 0.1) is 22.6 Å². The number of aromatic nitrogens is 2. The standard InChI is InChI=1S/C21H21ClFN3O2/c1-14(25(2)19(27)8-5-13-22)20-24-18-7-4-3-6-17(18)21(28)26(20)16-11-9-15(23)10-12-16/h3-4,6-7,9-12,14H,5,8,13H2,1-2H3. The Labute approximate surface area is 167 Å². The highest BCUT2D eigenvalue weighted by Crippen LogP contribution is 2.22. The number of nitrogens with zero attached hydrogens (tertiary/aromatic N) is 3. The number of carbonyl (C=O) groups excluding carboxylic acids is 1. The molecule has 0 radical (unpaired) electrons. The van der Waals surface area contributed by atoms with E-state index in [1.54, 1.807) is 36.2 Å². The fraction of sp³-hybridized carbons (Fsp3) is 0.286. The van der Waals surface area contributed by atoms with E-state index in [2.05, 4.69) is 4.98 Å². The van der Waals surface area contributed by atoms with Gasteiger partial charge in [0.2, 0.25) is 5.91 Å². The molecule has 0 spiro atoms. The van der Waals surface area contributed by atoms with Gasteiger partial charge in [0.1, 0.15) is 11.6 Å². The van der Waals surface area contributed by atoms with Crippen molar-refractivity contribution in [2.24, 2.45) is 0 Å². The second-order valence-electron chi connectivity index (χ2n) is 6.58. The minimum Gasteiger partial charge on any atom is -0.336 e. The lowest BCUT2D eigenvalue weighted by molar-refractivity contribution is -0.132. The molecule has 1 unspecified atom stereocenters. The lowest BCUT2D eigenvalue weighted by atomic mass is 10.1. The lowest BCUT2D eigenvalue weighted by Crippen LogP contribution is -2.34. The van der Waals surface area contributed by atoms with Crippen molar-refractivity contribution in [1.29, 1.82) is 0 Å². The van der Waals surface area contributed by atoms with Crippen molar-refractivity contribution in [3.63, 3.8) is 0 Å². The van der Waals surface area contributed by atoms with Crippen LogP contribution in [0.1, 0.15) is 31.6 Å². The van der Waals surface area contributed by atoms with E-state index in [-0.39, 0.29) is 11.5 Å². The highest BCUT2D eigenvalue weighted by Gasteiger charge is 2.23. The van der Waals surface area contributed by atoms with Gasteiger partial charge < -0.3 is 4.90 Å². The Bertz CT molecular complexity index is 1050. The normalized spacial score (nSPS) is 12.1. The van der Waals surface area contributed by atoms with Gasteiger partial charge in [-0.15, -0.1) is 11.6 Å². The van der Waals surface area contributed by atoms with Crippen LogP contribution >= 0.6 is 11.6 Å². The molecule has 0 N–H and O–H groups in total. The molecule has 1 aromatic heterocycles. The van der Waals surface area contributed by atoms with Gasteiger partial charge in [0, 0.05) is 19.3 Å². The van der Waals surface area contributed by atoms with E-state index >= 15 is 0 Å². The van der Waals surface area contributed by atoms with E-state index < -0.39 is 11.9 Å². The first-order chi connectivity index (χ1) is 13.4. The molecule has 3 rings (SSSR count). The smallest absolute Gasteiger partial charge is 0.266 e. The van der Waals surface area contributed by atoms with E-state index in [0.717, 1.165) is 0 Å². The van der Waals surface area contributed by atoms with E-state index in [0.29, 0.717) is 41.1 Å². The number of para-hydroxylation sites is 1. The molecular formula is C21H21ClFN3O2. The third kappa shape index (κ3) is 3.92. The summed E-state index contributed by atoms with van der Waals surface area (Å²) in [7, 11) is 1.68. The molecule has 0 aliphatic heterocycles. The van der Waals surface area contributed by atoms with Gasteiger partial charge in [-0.3, -0.25) is 14.2 Å². The van der Waals surface area contributed by atoms with Gasteiger partial charge in [0.15, 0.2) is 0 Å². The van der Waals surface area contributed by atoms with E-state index in [9.17, 15) is 14.0 Å². The maximum atomic E-state index is 13.4. The molecule has 1 amide bonds. The second kappa shape index (κ2) is 8.52. The van der Waals surface area contributed by atoms with Gasteiger partial charge in [-0.25, -0.2) is 9.37 Å². The summed E-state index contributed by atoms with van der Waals surface area (Å²) in [6, 6.07) is 12.2. The largest absolute Gasteiger partial charge is 0.336 e. The summed E-state index contributed by atoms with van der Waals surface area (Å²) < 4.78 is 14.8. The van der Waals surface area contributed by atoms with Crippen molar-refractivity contribution in [3.8, 4) is 5.69 Å². The number of hydrogen-bond acceptors (Lipinski definition) is 3. The van der Waals surface area contributed by atoms with Crippen LogP contribution in [0.3, 0.4) is 0 Å². The molecule has 0 saturated carbocycles. The van der Waals surface area contributed by atoms with Gasteiger partial charge in [-0.1, -0.05) is 12.1 Å². The summed E-state index contributed by atoms with van der Waals surface area (Å²) in [5.41, 5.74) is 0.781. The number of fused-ring (bicyclic) bond motifs is 1. The van der Waals surface area contributed by atoms with Crippen molar-refractivity contribution in [1.82, 2.24) is 14.5 Å². The van der Waals surface area contributed by atoms with Crippen LogP contribution in [0, 0.1) is 5.82 Å². The fourth-order valence-electron chi connectivity index (χ4n) is 3.05. The van der Waals surface area contributed by atoms with Crippen molar-refractivity contribution >= 4 is 28.4 Å². The highest BCUT2D eigenvalue weighted by atomic mass is 35.5. The van der Waals surface area contributed by atoms with Crippen molar-refractivity contribution in [3.05, 3.63) is 70.5 Å². The number of rotatable bonds is 6. The molecule has 1 heterocycles. The second-order valence-corrected chi connectivity index (χ2v) is 6.96. The molecule has 2 aromatic carbocycles. The van der Waals surface area contributed by atoms with Crippen molar-refractivity contribution in [2.45, 2.75) is 25.8 Å². The zero-order valence-corrected chi connectivity index (χ0v) is 16.5. The molecule has 7 heteroatoms. The number of hydrogen-bond donors (Lipinski definition) is 0. The van der Waals surface area contributed by atoms with Gasteiger partial charge in [0.25, 0.3) is 5.56 Å². The van der Waals surface area contributed by atoms with Crippen LogP contribution in [-0.4, -0.2) is 33.3 Å². The maximum Gasteiger partial charge on any atom is 0.266 e. The summed E-state index contributed by atoms with van der Waals surface area (Å²) in [6.45, 7) is 1.81. The van der Waals surface area contributed by atoms with Crippen LogP contribution in [0.4, 0.5) is 4.39 Å². The molecule has 1 atom stereocenters. The fourth-order valence-corrected chi connectivity index (χ4v) is 3.19. The Kier molecular flexibility index (Phi) is 6.09. The molecule has 0 bridgehead atoms. The molecule has 3 aromatic rings. The van der Waals surface area contributed by atoms with Crippen molar-refractivity contribution < 1.29 is 9.18 Å². The van der Waals surface area contributed by atoms with Crippen LogP contribution < -0.4 is 5.56 Å². The molecule has 28 heavy (non-hydrogen) atoms. The predicted octanol–water partition coefficient (Wildman–Crippen LogP) is 4.06. The van der Waals surface area contributed by atoms with E-state index in [1.165, 1.54) is 28.8 Å². The minimum atomic E-state index is -0.467. The van der Waals surface area contributed by atoms with Crippen LogP contribution in [0.15, 0.2) is 53.3 Å². The first-order valence-electron chi connectivity index (χ1n) is 9.03. The SMILES string of the molecule is CC(c1nc2ccccc2c(=O)n1-c1ccc(F)cc1)N(C)C(=O)CCCCl. The molecular weight excluding hydrogens is 381 g/mol. The Balaban J connectivity index is 2.17. The zero-order valence-electron chi connectivity index (χ0n) is 15.7. The summed E-state index contributed by atoms with van der Waals surface area (Å²) in [6.07, 6.45) is 0.895. The molecule has 0 aliphatic rings. The number of carbonyl (C=O) groups is 1. The minimum absolute atomic E-state index is 0.0822. The summed E-state index contributed by atoms with van der Waals surface area (Å²) in [4.78, 5) is 31.9. The predicted molar refractivity (Wildman–Crippen MR) is 108 cm³/mol. The van der Waals surface area contributed by atoms with Crippen LogP contribution in [0.25, 0.3) is 16.6 Å². The topological polar surface area (TPSA) is 55.2 Å². The lowest BCUT2D eigenvalue weighted by Gasteiger charge is -2.27. The third-order valence-corrected chi connectivity index (χ3v) is 5.03. The molecule has 0 saturated heterocycles. The number of benzene rings is 2. The molecule has 5 nitrogen and oxygen atoms in total. The van der Waals surface area contributed by atoms with Gasteiger partial charge in [-0.2, -0.15) is 0 Å². The first-order valence-corrected chi connectivity index (χ1v) is 9.56. The molecule has 146 valence electrons. The highest BCUT2D eigenvalue weighted by molar-refractivity contribution is 6.17. The maximum absolute atomic E-state index is 13.4. The number of halogens is 2. The van der Waals surface area contributed by atoms with Crippen LogP contribution in [-0.2, 0) is 4.79 Å². The Morgan fingerprint density at radius 2 is 1.89 bits per heavy atom. The summed E-state index contributed by atoms with van der Waals surface area (Å²) in [5.74, 6) is 0.342. The Hall–Kier alpha value is -2.73. The van der Waals surface area contributed by atoms with Gasteiger partial charge >= 0.3 is 0 Å². The quantitative estimate of drug-likeness (QED) is 0.585. The van der Waals surface area contributed by atoms with Crippen LogP contribution in [0.5, 0.6) is 0 Å². The Morgan fingerprint density at radius 3 is 2.57 bits per heavy atom. The first kappa shape index (κ1) is 20.0. The average molecular weight is 402 g/mol. The molecule has 0 aliphatic carbocycles. The monoisotopic (exact) mass is 401 g/mol. The summed E-state index contributed by atoms with van der Waals surface area (Å²) >= 11 is 5.69. The summed E-state index contributed by atoms with van der Waals surface area (Å²) in [5, 5.41) is 0.457. The zero-order chi connectivity index (χ0) is 20.3. The number of amides is 1. The number of alkyl halides is 1. The average Bonchev–Trinajstić information content (AvgIpc) is 2.71. The Morgan fingerprint density at radius 1 is 1.21 bits per heavy atom. The van der Waals surface area contributed by atoms with Gasteiger partial charge in [-0.05, 0) is 49.7 Å². The van der Waals surface area contributed by atoms with E-state index in [1.807, 2.05) is 6.92 Å². The van der Waals surface area contributed by atoms with Crippen molar-refractivity contribution in [2.75, 3.05) is 12.9 Å². The third-order valence-electron chi connectivity index (χ3n) is 4.76.